The summed E-state index contributed by atoms with van der Waals surface area (Å²) < 4.78 is 10.6. The van der Waals surface area contributed by atoms with Gasteiger partial charge in [-0.1, -0.05) is 12.7 Å². The van der Waals surface area contributed by atoms with Crippen LogP contribution in [0.5, 0.6) is 5.88 Å². The summed E-state index contributed by atoms with van der Waals surface area (Å²) in [5.41, 5.74) is 1.05. The Balaban J connectivity index is 2.32. The molecule has 0 N–H and O–H groups in total. The van der Waals surface area contributed by atoms with E-state index in [1.165, 1.54) is 20.0 Å². The van der Waals surface area contributed by atoms with Crippen molar-refractivity contribution in [2.75, 3.05) is 7.11 Å². The van der Waals surface area contributed by atoms with Crippen molar-refractivity contribution < 1.29 is 14.3 Å². The minimum absolute atomic E-state index is 0.154. The zero-order chi connectivity index (χ0) is 13.0. The van der Waals surface area contributed by atoms with Gasteiger partial charge in [0, 0.05) is 6.20 Å². The lowest BCUT2D eigenvalue weighted by molar-refractivity contribution is 0.0591. The van der Waals surface area contributed by atoms with Gasteiger partial charge in [0.2, 0.25) is 5.88 Å². The van der Waals surface area contributed by atoms with Gasteiger partial charge in [-0.2, -0.15) is 0 Å². The fourth-order valence-corrected chi connectivity index (χ4v) is 2.19. The predicted molar refractivity (Wildman–Crippen MR) is 68.6 cm³/mol. The number of carbonyl (C=O) groups excluding carboxylic acids is 1. The van der Waals surface area contributed by atoms with Crippen LogP contribution in [-0.2, 0) is 4.74 Å². The summed E-state index contributed by atoms with van der Waals surface area (Å²) in [4.78, 5) is 15.9. The molecule has 2 rings (SSSR count). The molecular formula is C14H17NO3. The van der Waals surface area contributed by atoms with E-state index in [4.69, 9.17) is 9.47 Å². The van der Waals surface area contributed by atoms with E-state index in [-0.39, 0.29) is 6.10 Å². The number of esters is 1. The van der Waals surface area contributed by atoms with Gasteiger partial charge >= 0.3 is 5.97 Å². The van der Waals surface area contributed by atoms with Crippen LogP contribution in [0.3, 0.4) is 0 Å². The highest BCUT2D eigenvalue weighted by Crippen LogP contribution is 2.27. The number of carbonyl (C=O) groups is 1. The molecule has 1 aliphatic rings. The molecule has 96 valence electrons. The molecule has 0 bridgehead atoms. The monoisotopic (exact) mass is 247 g/mol. The summed E-state index contributed by atoms with van der Waals surface area (Å²) in [6.45, 7) is 3.69. The largest absolute Gasteiger partial charge is 0.474 e. The number of rotatable bonds is 4. The molecule has 0 atom stereocenters. The first-order valence-electron chi connectivity index (χ1n) is 6.12. The SMILES string of the molecule is C=Cc1ccnc(OC2CCCC2)c1C(=O)OC. The summed E-state index contributed by atoms with van der Waals surface area (Å²) in [5.74, 6) is -0.0860. The molecule has 1 aliphatic carbocycles. The van der Waals surface area contributed by atoms with Crippen LogP contribution in [-0.4, -0.2) is 24.2 Å². The molecule has 1 fully saturated rings. The van der Waals surface area contributed by atoms with Crippen LogP contribution in [0, 0.1) is 0 Å². The predicted octanol–water partition coefficient (Wildman–Crippen LogP) is 2.83. The van der Waals surface area contributed by atoms with Crippen LogP contribution >= 0.6 is 0 Å². The molecule has 0 saturated heterocycles. The minimum atomic E-state index is -0.439. The highest BCUT2D eigenvalue weighted by atomic mass is 16.5. The maximum absolute atomic E-state index is 11.8. The molecule has 1 aromatic heterocycles. The van der Waals surface area contributed by atoms with Gasteiger partial charge in [-0.25, -0.2) is 9.78 Å². The smallest absolute Gasteiger partial charge is 0.344 e. The summed E-state index contributed by atoms with van der Waals surface area (Å²) in [6.07, 6.45) is 7.74. The molecule has 0 amide bonds. The lowest BCUT2D eigenvalue weighted by Gasteiger charge is -2.15. The van der Waals surface area contributed by atoms with Gasteiger partial charge in [0.25, 0.3) is 0 Å². The molecule has 0 radical (unpaired) electrons. The Bertz CT molecular complexity index is 450. The third kappa shape index (κ3) is 2.53. The molecule has 4 nitrogen and oxygen atoms in total. The topological polar surface area (TPSA) is 48.4 Å². The van der Waals surface area contributed by atoms with Crippen LogP contribution in [0.4, 0.5) is 0 Å². The second-order valence-electron chi connectivity index (χ2n) is 4.30. The van der Waals surface area contributed by atoms with Gasteiger partial charge < -0.3 is 9.47 Å². The van der Waals surface area contributed by atoms with Crippen LogP contribution in [0.15, 0.2) is 18.8 Å². The highest BCUT2D eigenvalue weighted by molar-refractivity contribution is 5.95. The number of aromatic nitrogens is 1. The van der Waals surface area contributed by atoms with Crippen LogP contribution in [0.25, 0.3) is 6.08 Å². The van der Waals surface area contributed by atoms with E-state index in [1.54, 1.807) is 18.3 Å². The lowest BCUT2D eigenvalue weighted by Crippen LogP contribution is -2.16. The van der Waals surface area contributed by atoms with E-state index in [0.29, 0.717) is 17.0 Å². The van der Waals surface area contributed by atoms with Crippen molar-refractivity contribution in [1.82, 2.24) is 4.98 Å². The van der Waals surface area contributed by atoms with Gasteiger partial charge in [-0.05, 0) is 37.3 Å². The van der Waals surface area contributed by atoms with Crippen molar-refractivity contribution in [2.45, 2.75) is 31.8 Å². The average molecular weight is 247 g/mol. The van der Waals surface area contributed by atoms with E-state index in [0.717, 1.165) is 12.8 Å². The summed E-state index contributed by atoms with van der Waals surface area (Å²) in [6, 6.07) is 1.72. The van der Waals surface area contributed by atoms with E-state index in [9.17, 15) is 4.79 Å². The first kappa shape index (κ1) is 12.6. The Morgan fingerprint density at radius 3 is 2.83 bits per heavy atom. The Morgan fingerprint density at radius 2 is 2.22 bits per heavy atom. The number of hydrogen-bond acceptors (Lipinski definition) is 4. The van der Waals surface area contributed by atoms with E-state index in [2.05, 4.69) is 11.6 Å². The molecule has 0 aromatic carbocycles. The summed E-state index contributed by atoms with van der Waals surface area (Å²) in [5, 5.41) is 0. The van der Waals surface area contributed by atoms with Crippen molar-refractivity contribution in [2.24, 2.45) is 0 Å². The van der Waals surface area contributed by atoms with Crippen molar-refractivity contribution in [3.63, 3.8) is 0 Å². The normalized spacial score (nSPS) is 15.4. The van der Waals surface area contributed by atoms with Crippen molar-refractivity contribution >= 4 is 12.0 Å². The summed E-state index contributed by atoms with van der Waals surface area (Å²) >= 11 is 0. The van der Waals surface area contributed by atoms with Crippen LogP contribution < -0.4 is 4.74 Å². The minimum Gasteiger partial charge on any atom is -0.474 e. The van der Waals surface area contributed by atoms with Crippen LogP contribution in [0.1, 0.15) is 41.6 Å². The molecule has 0 spiro atoms. The molecule has 4 heteroatoms. The van der Waals surface area contributed by atoms with Crippen molar-refractivity contribution in [3.8, 4) is 5.88 Å². The molecule has 1 aromatic rings. The third-order valence-electron chi connectivity index (χ3n) is 3.14. The zero-order valence-electron chi connectivity index (χ0n) is 10.5. The molecule has 18 heavy (non-hydrogen) atoms. The lowest BCUT2D eigenvalue weighted by atomic mass is 10.1. The van der Waals surface area contributed by atoms with Gasteiger partial charge in [0.15, 0.2) is 0 Å². The number of ether oxygens (including phenoxy) is 2. The van der Waals surface area contributed by atoms with Gasteiger partial charge in [0.1, 0.15) is 11.7 Å². The maximum atomic E-state index is 11.8. The van der Waals surface area contributed by atoms with Crippen LogP contribution in [0.2, 0.25) is 0 Å². The summed E-state index contributed by atoms with van der Waals surface area (Å²) in [7, 11) is 1.35. The molecular weight excluding hydrogens is 230 g/mol. The van der Waals surface area contributed by atoms with Gasteiger partial charge in [0.05, 0.1) is 7.11 Å². The van der Waals surface area contributed by atoms with E-state index < -0.39 is 5.97 Å². The zero-order valence-corrected chi connectivity index (χ0v) is 10.5. The first-order valence-corrected chi connectivity index (χ1v) is 6.12. The Hall–Kier alpha value is -1.84. The number of methoxy groups -OCH3 is 1. The van der Waals surface area contributed by atoms with Gasteiger partial charge in [-0.3, -0.25) is 0 Å². The third-order valence-corrected chi connectivity index (χ3v) is 3.14. The fraction of sp³-hybridized carbons (Fsp3) is 0.429. The van der Waals surface area contributed by atoms with Gasteiger partial charge in [-0.15, -0.1) is 0 Å². The molecule has 1 saturated carbocycles. The number of hydrogen-bond donors (Lipinski definition) is 0. The Morgan fingerprint density at radius 1 is 1.50 bits per heavy atom. The Kier molecular flexibility index (Phi) is 3.97. The second kappa shape index (κ2) is 5.67. The second-order valence-corrected chi connectivity index (χ2v) is 4.30. The average Bonchev–Trinajstić information content (AvgIpc) is 2.90. The Labute approximate surface area is 107 Å². The molecule has 1 heterocycles. The van der Waals surface area contributed by atoms with E-state index in [1.807, 2.05) is 0 Å². The maximum Gasteiger partial charge on any atom is 0.344 e. The standard InChI is InChI=1S/C14H17NO3/c1-3-10-8-9-15-13(12(10)14(16)17-2)18-11-6-4-5-7-11/h3,8-9,11H,1,4-7H2,2H3. The highest BCUT2D eigenvalue weighted by Gasteiger charge is 2.23. The van der Waals surface area contributed by atoms with E-state index >= 15 is 0 Å². The molecule has 0 aliphatic heterocycles. The number of pyridine rings is 1. The fourth-order valence-electron chi connectivity index (χ4n) is 2.19. The quantitative estimate of drug-likeness (QED) is 0.768. The van der Waals surface area contributed by atoms with Crippen molar-refractivity contribution in [3.05, 3.63) is 30.0 Å². The van der Waals surface area contributed by atoms with Crippen molar-refractivity contribution in [1.29, 1.82) is 0 Å². The number of nitrogens with zero attached hydrogens (tertiary/aromatic N) is 1. The first-order chi connectivity index (χ1) is 8.76. The molecule has 0 unspecified atom stereocenters.